The molecule has 0 bridgehead atoms. The van der Waals surface area contributed by atoms with Crippen LogP contribution in [0, 0.1) is 0 Å². The van der Waals surface area contributed by atoms with Crippen LogP contribution < -0.4 is 9.47 Å². The predicted molar refractivity (Wildman–Crippen MR) is 74.6 cm³/mol. The average Bonchev–Trinajstić information content (AvgIpc) is 2.37. The lowest BCUT2D eigenvalue weighted by molar-refractivity contribution is -0.164. The molecule has 9 heteroatoms. The third-order valence-corrected chi connectivity index (χ3v) is 2.80. The Kier molecular flexibility index (Phi) is 6.77. The number of carbonyl (C=O) groups is 1. The highest BCUT2D eigenvalue weighted by Crippen LogP contribution is 2.37. The molecule has 0 atom stereocenters. The summed E-state index contributed by atoms with van der Waals surface area (Å²) in [6.07, 6.45) is -3.85. The Morgan fingerprint density at radius 2 is 2.00 bits per heavy atom. The van der Waals surface area contributed by atoms with E-state index in [0.717, 1.165) is 6.07 Å². The van der Waals surface area contributed by atoms with Crippen molar-refractivity contribution in [3.05, 3.63) is 23.2 Å². The highest BCUT2D eigenvalue weighted by atomic mass is 35.5. The number of esters is 1. The topological polar surface area (TPSA) is 44.8 Å². The van der Waals surface area contributed by atoms with Crippen LogP contribution in [-0.2, 0) is 9.53 Å². The normalized spacial score (nSPS) is 11.4. The van der Waals surface area contributed by atoms with Crippen LogP contribution >= 0.6 is 34.8 Å². The van der Waals surface area contributed by atoms with Crippen molar-refractivity contribution in [3.8, 4) is 11.5 Å². The Hall–Kier alpha value is -0.980. The Balaban J connectivity index is 2.87. The first-order valence-electron chi connectivity index (χ1n) is 5.69. The summed E-state index contributed by atoms with van der Waals surface area (Å²) in [7, 11) is 0. The van der Waals surface area contributed by atoms with Crippen molar-refractivity contribution in [1.82, 2.24) is 0 Å². The third kappa shape index (κ3) is 5.73. The van der Waals surface area contributed by atoms with E-state index in [1.807, 2.05) is 0 Å². The van der Waals surface area contributed by atoms with Gasteiger partial charge in [-0.15, -0.1) is 0 Å². The number of hydrogen-bond donors (Lipinski definition) is 0. The van der Waals surface area contributed by atoms with E-state index in [9.17, 15) is 13.6 Å². The number of benzene rings is 1. The number of carbonyl (C=O) groups excluding carboxylic acids is 1. The molecular formula is C12H11Cl3F2O4. The SMILES string of the molecule is CCOC(=O)COc1ccc(Cl)cc1OC(F)(F)C(Cl)Cl. The van der Waals surface area contributed by atoms with E-state index in [-0.39, 0.29) is 17.4 Å². The van der Waals surface area contributed by atoms with Crippen LogP contribution in [0.1, 0.15) is 6.92 Å². The lowest BCUT2D eigenvalue weighted by Gasteiger charge is -2.20. The molecule has 1 aromatic carbocycles. The second kappa shape index (κ2) is 7.87. The van der Waals surface area contributed by atoms with Gasteiger partial charge in [-0.2, -0.15) is 8.78 Å². The summed E-state index contributed by atoms with van der Waals surface area (Å²) >= 11 is 15.9. The molecule has 0 saturated carbocycles. The van der Waals surface area contributed by atoms with Gasteiger partial charge >= 0.3 is 12.1 Å². The van der Waals surface area contributed by atoms with Crippen molar-refractivity contribution in [3.63, 3.8) is 0 Å². The molecule has 0 spiro atoms. The lowest BCUT2D eigenvalue weighted by atomic mass is 10.3. The van der Waals surface area contributed by atoms with Gasteiger partial charge in [0.1, 0.15) is 0 Å². The van der Waals surface area contributed by atoms with Gasteiger partial charge in [-0.1, -0.05) is 34.8 Å². The summed E-state index contributed by atoms with van der Waals surface area (Å²) in [5.74, 6) is -1.18. The Labute approximate surface area is 134 Å². The quantitative estimate of drug-likeness (QED) is 0.541. The summed E-state index contributed by atoms with van der Waals surface area (Å²) in [5, 5.41) is 0.130. The van der Waals surface area contributed by atoms with Crippen molar-refractivity contribution in [2.75, 3.05) is 13.2 Å². The maximum Gasteiger partial charge on any atom is 0.428 e. The van der Waals surface area contributed by atoms with Crippen LogP contribution in [0.25, 0.3) is 0 Å². The standard InChI is InChI=1S/C12H11Cl3F2O4/c1-2-19-10(18)6-20-8-4-3-7(13)5-9(8)21-12(16,17)11(14)15/h3-5,11H,2,6H2,1H3. The Morgan fingerprint density at radius 1 is 1.33 bits per heavy atom. The fourth-order valence-corrected chi connectivity index (χ4v) is 1.46. The molecule has 1 aromatic rings. The van der Waals surface area contributed by atoms with Gasteiger partial charge in [0.05, 0.1) is 6.61 Å². The Bertz CT molecular complexity index is 497. The van der Waals surface area contributed by atoms with E-state index in [0.29, 0.717) is 0 Å². The third-order valence-electron chi connectivity index (χ3n) is 2.06. The molecule has 1 rings (SSSR count). The maximum absolute atomic E-state index is 13.4. The minimum Gasteiger partial charge on any atom is -0.478 e. The van der Waals surface area contributed by atoms with Gasteiger partial charge in [0.2, 0.25) is 4.84 Å². The summed E-state index contributed by atoms with van der Waals surface area (Å²) in [4.78, 5) is 9.10. The van der Waals surface area contributed by atoms with Gasteiger partial charge in [-0.3, -0.25) is 0 Å². The first kappa shape index (κ1) is 18.1. The first-order valence-corrected chi connectivity index (χ1v) is 6.94. The minimum atomic E-state index is -3.85. The van der Waals surface area contributed by atoms with Crippen molar-refractivity contribution < 1.29 is 27.8 Å². The van der Waals surface area contributed by atoms with Crippen LogP contribution in [0.2, 0.25) is 5.02 Å². The highest BCUT2D eigenvalue weighted by Gasteiger charge is 2.41. The van der Waals surface area contributed by atoms with Crippen molar-refractivity contribution in [2.45, 2.75) is 17.9 Å². The summed E-state index contributed by atoms with van der Waals surface area (Å²) < 4.78 is 40.9. The molecule has 0 heterocycles. The zero-order chi connectivity index (χ0) is 16.0. The van der Waals surface area contributed by atoms with Gasteiger partial charge in [0, 0.05) is 11.1 Å². The number of halogens is 5. The number of ether oxygens (including phenoxy) is 3. The van der Waals surface area contributed by atoms with E-state index < -0.39 is 29.3 Å². The van der Waals surface area contributed by atoms with E-state index in [2.05, 4.69) is 9.47 Å². The van der Waals surface area contributed by atoms with E-state index in [4.69, 9.17) is 39.5 Å². The molecule has 0 aliphatic heterocycles. The molecule has 21 heavy (non-hydrogen) atoms. The number of rotatable bonds is 7. The first-order chi connectivity index (χ1) is 9.76. The zero-order valence-electron chi connectivity index (χ0n) is 10.7. The van der Waals surface area contributed by atoms with Crippen molar-refractivity contribution in [2.24, 2.45) is 0 Å². The predicted octanol–water partition coefficient (Wildman–Crippen LogP) is 4.06. The van der Waals surface area contributed by atoms with Crippen molar-refractivity contribution in [1.29, 1.82) is 0 Å². The summed E-state index contributed by atoms with van der Waals surface area (Å²) in [6.45, 7) is 1.32. The minimum absolute atomic E-state index is 0.124. The highest BCUT2D eigenvalue weighted by molar-refractivity contribution is 6.44. The van der Waals surface area contributed by atoms with Crippen LogP contribution in [0.5, 0.6) is 11.5 Å². The maximum atomic E-state index is 13.4. The molecule has 0 aliphatic carbocycles. The Morgan fingerprint density at radius 3 is 2.57 bits per heavy atom. The molecule has 0 aromatic heterocycles. The van der Waals surface area contributed by atoms with Crippen LogP contribution in [0.3, 0.4) is 0 Å². The second-order valence-electron chi connectivity index (χ2n) is 3.65. The monoisotopic (exact) mass is 362 g/mol. The number of hydrogen-bond acceptors (Lipinski definition) is 4. The number of alkyl halides is 4. The second-order valence-corrected chi connectivity index (χ2v) is 5.18. The molecule has 0 N–H and O–H groups in total. The van der Waals surface area contributed by atoms with E-state index in [1.165, 1.54) is 12.1 Å². The molecule has 0 radical (unpaired) electrons. The molecule has 0 saturated heterocycles. The van der Waals surface area contributed by atoms with Gasteiger partial charge in [-0.05, 0) is 19.1 Å². The van der Waals surface area contributed by atoms with Crippen LogP contribution in [0.4, 0.5) is 8.78 Å². The van der Waals surface area contributed by atoms with E-state index >= 15 is 0 Å². The van der Waals surface area contributed by atoms with Gasteiger partial charge < -0.3 is 14.2 Å². The largest absolute Gasteiger partial charge is 0.478 e. The zero-order valence-corrected chi connectivity index (χ0v) is 13.0. The molecule has 0 aliphatic rings. The molecule has 0 fully saturated rings. The molecular weight excluding hydrogens is 352 g/mol. The fourth-order valence-electron chi connectivity index (χ4n) is 1.21. The molecule has 0 unspecified atom stereocenters. The fraction of sp³-hybridized carbons (Fsp3) is 0.417. The van der Waals surface area contributed by atoms with Crippen molar-refractivity contribution >= 4 is 40.8 Å². The van der Waals surface area contributed by atoms with Crippen LogP contribution in [0.15, 0.2) is 18.2 Å². The summed E-state index contributed by atoms with van der Waals surface area (Å²) in [6, 6.07) is 3.74. The molecule has 118 valence electrons. The lowest BCUT2D eigenvalue weighted by Crippen LogP contribution is -2.32. The smallest absolute Gasteiger partial charge is 0.428 e. The van der Waals surface area contributed by atoms with Crippen LogP contribution in [-0.4, -0.2) is 30.1 Å². The van der Waals surface area contributed by atoms with Gasteiger partial charge in [0.25, 0.3) is 0 Å². The summed E-state index contributed by atoms with van der Waals surface area (Å²) in [5.41, 5.74) is 0. The average molecular weight is 364 g/mol. The molecule has 4 nitrogen and oxygen atoms in total. The van der Waals surface area contributed by atoms with E-state index in [1.54, 1.807) is 6.92 Å². The van der Waals surface area contributed by atoms with Gasteiger partial charge in [0.15, 0.2) is 18.1 Å². The van der Waals surface area contributed by atoms with Gasteiger partial charge in [-0.25, -0.2) is 4.79 Å². The molecule has 0 amide bonds.